The van der Waals surface area contributed by atoms with E-state index < -0.39 is 0 Å². The third kappa shape index (κ3) is 3.34. The van der Waals surface area contributed by atoms with Gasteiger partial charge in [0, 0.05) is 30.2 Å². The molecule has 4 nitrogen and oxygen atoms in total. The van der Waals surface area contributed by atoms with Crippen LogP contribution in [-0.4, -0.2) is 17.0 Å². The molecule has 126 valence electrons. The Hall–Kier alpha value is -2.20. The number of nitrogens with one attached hydrogen (secondary N) is 1. The molecule has 2 aromatic heterocycles. The number of carbonyl (C=O) groups excluding carboxylic acids is 1. The van der Waals surface area contributed by atoms with Crippen molar-refractivity contribution in [3.05, 3.63) is 58.4 Å². The largest absolute Gasteiger partial charge is 0.460 e. The van der Waals surface area contributed by atoms with Gasteiger partial charge in [0.15, 0.2) is 5.58 Å². The molecule has 3 rings (SSSR count). The van der Waals surface area contributed by atoms with E-state index >= 15 is 0 Å². The summed E-state index contributed by atoms with van der Waals surface area (Å²) in [6.07, 6.45) is 2.01. The number of hydrogen-bond acceptors (Lipinski definition) is 2. The Morgan fingerprint density at radius 1 is 1.29 bits per heavy atom. The van der Waals surface area contributed by atoms with Crippen LogP contribution in [0.3, 0.4) is 0 Å². The van der Waals surface area contributed by atoms with Crippen LogP contribution in [-0.2, 0) is 6.54 Å². The van der Waals surface area contributed by atoms with Crippen LogP contribution in [0.4, 0.5) is 0 Å². The van der Waals surface area contributed by atoms with Gasteiger partial charge < -0.3 is 14.3 Å². The lowest BCUT2D eigenvalue weighted by molar-refractivity contribution is 0.0944. The molecule has 2 heterocycles. The standard InChI is InChI=1S/C19H21ClN2O2/c1-3-4-9-21-19(23)17-11-18-16(10-13(2)24-18)22(17)12-14-7-5-6-8-15(14)20/h5-8,10-11H,3-4,9,12H2,1-2H3,(H,21,23). The molecule has 5 heteroatoms. The third-order valence-electron chi connectivity index (χ3n) is 4.05. The van der Waals surface area contributed by atoms with E-state index in [2.05, 4.69) is 12.2 Å². The highest BCUT2D eigenvalue weighted by Crippen LogP contribution is 2.26. The summed E-state index contributed by atoms with van der Waals surface area (Å²) in [5, 5.41) is 3.66. The molecule has 0 radical (unpaired) electrons. The second kappa shape index (κ2) is 7.14. The zero-order valence-corrected chi connectivity index (χ0v) is 14.7. The van der Waals surface area contributed by atoms with Crippen molar-refractivity contribution in [2.24, 2.45) is 0 Å². The van der Waals surface area contributed by atoms with Gasteiger partial charge in [0.25, 0.3) is 5.91 Å². The SMILES string of the molecule is CCCCNC(=O)c1cc2oc(C)cc2n1Cc1ccccc1Cl. The minimum atomic E-state index is -0.0837. The number of aromatic nitrogens is 1. The molecule has 0 saturated carbocycles. The number of nitrogens with zero attached hydrogens (tertiary/aromatic N) is 1. The summed E-state index contributed by atoms with van der Waals surface area (Å²) < 4.78 is 7.67. The van der Waals surface area contributed by atoms with Crippen molar-refractivity contribution in [3.8, 4) is 0 Å². The van der Waals surface area contributed by atoms with E-state index in [1.807, 2.05) is 41.8 Å². The predicted octanol–water partition coefficient (Wildman–Crippen LogP) is 4.77. The average molecular weight is 345 g/mol. The molecule has 0 spiro atoms. The van der Waals surface area contributed by atoms with Crippen LogP contribution in [0.15, 0.2) is 40.8 Å². The van der Waals surface area contributed by atoms with Gasteiger partial charge in [-0.3, -0.25) is 4.79 Å². The Labute approximate surface area is 146 Å². The van der Waals surface area contributed by atoms with E-state index in [4.69, 9.17) is 16.0 Å². The molecule has 24 heavy (non-hydrogen) atoms. The van der Waals surface area contributed by atoms with Gasteiger partial charge in [0.1, 0.15) is 11.5 Å². The molecule has 0 aliphatic carbocycles. The summed E-state index contributed by atoms with van der Waals surface area (Å²) in [6, 6.07) is 11.4. The number of amides is 1. The van der Waals surface area contributed by atoms with Gasteiger partial charge in [0.2, 0.25) is 0 Å². The number of aryl methyl sites for hydroxylation is 1. The van der Waals surface area contributed by atoms with Gasteiger partial charge in [-0.05, 0) is 25.0 Å². The Kier molecular flexibility index (Phi) is 4.95. The molecule has 0 fully saturated rings. The molecule has 0 saturated heterocycles. The summed E-state index contributed by atoms with van der Waals surface area (Å²) in [7, 11) is 0. The summed E-state index contributed by atoms with van der Waals surface area (Å²) in [5.74, 6) is 0.741. The zero-order valence-electron chi connectivity index (χ0n) is 13.9. The number of benzene rings is 1. The lowest BCUT2D eigenvalue weighted by Gasteiger charge is -2.11. The molecule has 0 atom stereocenters. The number of hydrogen-bond donors (Lipinski definition) is 1. The van der Waals surface area contributed by atoms with Crippen molar-refractivity contribution >= 4 is 28.6 Å². The third-order valence-corrected chi connectivity index (χ3v) is 4.42. The van der Waals surface area contributed by atoms with Crippen molar-refractivity contribution < 1.29 is 9.21 Å². The predicted molar refractivity (Wildman–Crippen MR) is 96.7 cm³/mol. The lowest BCUT2D eigenvalue weighted by atomic mass is 10.2. The topological polar surface area (TPSA) is 47.2 Å². The maximum Gasteiger partial charge on any atom is 0.268 e. The van der Waals surface area contributed by atoms with Gasteiger partial charge in [0.05, 0.1) is 5.52 Å². The molecule has 1 aromatic carbocycles. The van der Waals surface area contributed by atoms with Crippen molar-refractivity contribution in [2.45, 2.75) is 33.2 Å². The van der Waals surface area contributed by atoms with Crippen LogP contribution < -0.4 is 5.32 Å². The van der Waals surface area contributed by atoms with E-state index in [0.717, 1.165) is 35.3 Å². The number of furan rings is 1. The monoisotopic (exact) mass is 344 g/mol. The fourth-order valence-corrected chi connectivity index (χ4v) is 2.99. The lowest BCUT2D eigenvalue weighted by Crippen LogP contribution is -2.27. The van der Waals surface area contributed by atoms with E-state index in [0.29, 0.717) is 23.8 Å². The molecule has 0 unspecified atom stereocenters. The second-order valence-electron chi connectivity index (χ2n) is 5.92. The fourth-order valence-electron chi connectivity index (χ4n) is 2.79. The smallest absolute Gasteiger partial charge is 0.268 e. The highest BCUT2D eigenvalue weighted by atomic mass is 35.5. The number of fused-ring (bicyclic) bond motifs is 1. The maximum atomic E-state index is 12.6. The number of halogens is 1. The van der Waals surface area contributed by atoms with E-state index in [1.165, 1.54) is 0 Å². The fraction of sp³-hybridized carbons (Fsp3) is 0.316. The van der Waals surface area contributed by atoms with Crippen molar-refractivity contribution in [1.29, 1.82) is 0 Å². The second-order valence-corrected chi connectivity index (χ2v) is 6.33. The van der Waals surface area contributed by atoms with Crippen molar-refractivity contribution in [3.63, 3.8) is 0 Å². The Morgan fingerprint density at radius 3 is 2.83 bits per heavy atom. The molecule has 1 amide bonds. The molecule has 3 aromatic rings. The molecule has 0 bridgehead atoms. The highest BCUT2D eigenvalue weighted by molar-refractivity contribution is 6.31. The molecule has 0 aliphatic rings. The first-order chi connectivity index (χ1) is 11.6. The normalized spacial score (nSPS) is 11.1. The minimum Gasteiger partial charge on any atom is -0.460 e. The van der Waals surface area contributed by atoms with Gasteiger partial charge >= 0.3 is 0 Å². The summed E-state index contributed by atoms with van der Waals surface area (Å²) in [5.41, 5.74) is 3.20. The van der Waals surface area contributed by atoms with E-state index in [-0.39, 0.29) is 5.91 Å². The van der Waals surface area contributed by atoms with E-state index in [1.54, 1.807) is 6.07 Å². The highest BCUT2D eigenvalue weighted by Gasteiger charge is 2.19. The summed E-state index contributed by atoms with van der Waals surface area (Å²) in [4.78, 5) is 12.6. The van der Waals surface area contributed by atoms with Crippen LogP contribution in [0.1, 0.15) is 41.6 Å². The van der Waals surface area contributed by atoms with Gasteiger partial charge in [-0.25, -0.2) is 0 Å². The Morgan fingerprint density at radius 2 is 2.08 bits per heavy atom. The minimum absolute atomic E-state index is 0.0837. The first kappa shape index (κ1) is 16.7. The first-order valence-corrected chi connectivity index (χ1v) is 8.59. The number of rotatable bonds is 6. The Bertz CT molecular complexity index is 864. The van der Waals surface area contributed by atoms with Crippen LogP contribution in [0, 0.1) is 6.92 Å². The van der Waals surface area contributed by atoms with Gasteiger partial charge in [-0.15, -0.1) is 0 Å². The molecular weight excluding hydrogens is 324 g/mol. The van der Waals surface area contributed by atoms with E-state index in [9.17, 15) is 4.79 Å². The van der Waals surface area contributed by atoms with Crippen molar-refractivity contribution in [1.82, 2.24) is 9.88 Å². The van der Waals surface area contributed by atoms with Crippen LogP contribution in [0.2, 0.25) is 5.02 Å². The van der Waals surface area contributed by atoms with Crippen molar-refractivity contribution in [2.75, 3.05) is 6.54 Å². The van der Waals surface area contributed by atoms with Crippen LogP contribution in [0.25, 0.3) is 11.1 Å². The summed E-state index contributed by atoms with van der Waals surface area (Å²) >= 11 is 6.29. The van der Waals surface area contributed by atoms with Gasteiger partial charge in [-0.1, -0.05) is 43.1 Å². The number of carbonyl (C=O) groups is 1. The Balaban J connectivity index is 1.98. The quantitative estimate of drug-likeness (QED) is 0.654. The van der Waals surface area contributed by atoms with Crippen LogP contribution in [0.5, 0.6) is 0 Å². The average Bonchev–Trinajstić information content (AvgIpc) is 3.07. The zero-order chi connectivity index (χ0) is 17.1. The number of unbranched alkanes of at least 4 members (excludes halogenated alkanes) is 1. The molecular formula is C19H21ClN2O2. The van der Waals surface area contributed by atoms with Gasteiger partial charge in [-0.2, -0.15) is 0 Å². The molecule has 0 aliphatic heterocycles. The maximum absolute atomic E-state index is 12.6. The van der Waals surface area contributed by atoms with Crippen LogP contribution >= 0.6 is 11.6 Å². The molecule has 1 N–H and O–H groups in total. The summed E-state index contributed by atoms with van der Waals surface area (Å²) in [6.45, 7) is 5.20. The first-order valence-electron chi connectivity index (χ1n) is 8.21.